The van der Waals surface area contributed by atoms with Crippen molar-refractivity contribution in [3.8, 4) is 5.75 Å². The topological polar surface area (TPSA) is 58.6 Å². The van der Waals surface area contributed by atoms with Crippen LogP contribution in [0.2, 0.25) is 5.02 Å². The maximum Gasteiger partial charge on any atom is 0.261 e. The Bertz CT molecular complexity index is 1320. The van der Waals surface area contributed by atoms with Crippen LogP contribution in [0.15, 0.2) is 109 Å². The maximum absolute atomic E-state index is 13.6. The standard InChI is InChI=1S/C30H26ClFN2O3/c31-27-14-8-7-11-24(27)19-33-30(36)29(23-9-3-1-4-10-23)34(20-22-15-17-25(32)18-16-22)28(35)21-37-26-12-5-2-6-13-26/h1-18,29H,19-21H2,(H,33,36)/t29-/m1/s1. The third-order valence-electron chi connectivity index (χ3n) is 5.78. The smallest absolute Gasteiger partial charge is 0.261 e. The van der Waals surface area contributed by atoms with Gasteiger partial charge in [-0.25, -0.2) is 4.39 Å². The molecule has 0 spiro atoms. The van der Waals surface area contributed by atoms with Gasteiger partial charge in [0.25, 0.3) is 5.91 Å². The van der Waals surface area contributed by atoms with Crippen LogP contribution in [0.4, 0.5) is 4.39 Å². The van der Waals surface area contributed by atoms with E-state index in [1.165, 1.54) is 17.0 Å². The van der Waals surface area contributed by atoms with E-state index in [4.69, 9.17) is 16.3 Å². The molecule has 0 aliphatic carbocycles. The van der Waals surface area contributed by atoms with Gasteiger partial charge in [-0.1, -0.05) is 90.5 Å². The van der Waals surface area contributed by atoms with Gasteiger partial charge in [0.05, 0.1) is 0 Å². The van der Waals surface area contributed by atoms with Gasteiger partial charge in [0.2, 0.25) is 5.91 Å². The monoisotopic (exact) mass is 516 g/mol. The molecule has 4 aromatic rings. The Morgan fingerprint density at radius 2 is 1.46 bits per heavy atom. The zero-order valence-corrected chi connectivity index (χ0v) is 20.8. The van der Waals surface area contributed by atoms with Crippen LogP contribution in [-0.2, 0) is 22.7 Å². The summed E-state index contributed by atoms with van der Waals surface area (Å²) in [5.74, 6) is -0.612. The molecule has 4 aromatic carbocycles. The van der Waals surface area contributed by atoms with Gasteiger partial charge >= 0.3 is 0 Å². The fraction of sp³-hybridized carbons (Fsp3) is 0.133. The first-order valence-electron chi connectivity index (χ1n) is 11.8. The highest BCUT2D eigenvalue weighted by Gasteiger charge is 2.32. The Hall–Kier alpha value is -4.16. The molecule has 0 fully saturated rings. The number of amides is 2. The molecule has 0 bridgehead atoms. The van der Waals surface area contributed by atoms with Gasteiger partial charge in [-0.2, -0.15) is 0 Å². The average Bonchev–Trinajstić information content (AvgIpc) is 2.93. The van der Waals surface area contributed by atoms with Gasteiger partial charge in [-0.05, 0) is 47.0 Å². The zero-order valence-electron chi connectivity index (χ0n) is 20.0. The Labute approximate surface area is 220 Å². The van der Waals surface area contributed by atoms with Crippen LogP contribution < -0.4 is 10.1 Å². The van der Waals surface area contributed by atoms with Gasteiger partial charge in [0.1, 0.15) is 17.6 Å². The van der Waals surface area contributed by atoms with Crippen molar-refractivity contribution < 1.29 is 18.7 Å². The second-order valence-electron chi connectivity index (χ2n) is 8.37. The number of nitrogens with zero attached hydrogens (tertiary/aromatic N) is 1. The van der Waals surface area contributed by atoms with Crippen molar-refractivity contribution in [2.24, 2.45) is 0 Å². The van der Waals surface area contributed by atoms with Crippen LogP contribution in [0.3, 0.4) is 0 Å². The minimum atomic E-state index is -0.958. The van der Waals surface area contributed by atoms with Crippen molar-refractivity contribution in [1.29, 1.82) is 0 Å². The van der Waals surface area contributed by atoms with Crippen LogP contribution in [0.25, 0.3) is 0 Å². The van der Waals surface area contributed by atoms with Gasteiger partial charge in [-0.15, -0.1) is 0 Å². The Kier molecular flexibility index (Phi) is 8.89. The molecule has 2 amide bonds. The Morgan fingerprint density at radius 1 is 0.838 bits per heavy atom. The fourth-order valence-corrected chi connectivity index (χ4v) is 4.09. The summed E-state index contributed by atoms with van der Waals surface area (Å²) < 4.78 is 19.3. The Morgan fingerprint density at radius 3 is 2.14 bits per heavy atom. The van der Waals surface area contributed by atoms with Crippen LogP contribution in [0.5, 0.6) is 5.75 Å². The predicted molar refractivity (Wildman–Crippen MR) is 141 cm³/mol. The zero-order chi connectivity index (χ0) is 26.0. The number of hydrogen-bond acceptors (Lipinski definition) is 3. The number of halogens is 2. The number of nitrogens with one attached hydrogen (secondary N) is 1. The van der Waals surface area contributed by atoms with Gasteiger partial charge < -0.3 is 15.0 Å². The van der Waals surface area contributed by atoms with E-state index in [9.17, 15) is 14.0 Å². The Balaban J connectivity index is 1.63. The first-order valence-corrected chi connectivity index (χ1v) is 12.2. The highest BCUT2D eigenvalue weighted by Crippen LogP contribution is 2.25. The lowest BCUT2D eigenvalue weighted by atomic mass is 10.0. The van der Waals surface area contributed by atoms with E-state index in [2.05, 4.69) is 5.32 Å². The number of benzene rings is 4. The minimum absolute atomic E-state index is 0.0797. The molecular weight excluding hydrogens is 491 g/mol. The molecule has 188 valence electrons. The van der Waals surface area contributed by atoms with Crippen molar-refractivity contribution >= 4 is 23.4 Å². The van der Waals surface area contributed by atoms with E-state index in [-0.39, 0.29) is 31.4 Å². The highest BCUT2D eigenvalue weighted by atomic mass is 35.5. The van der Waals surface area contributed by atoms with Crippen molar-refractivity contribution in [3.63, 3.8) is 0 Å². The lowest BCUT2D eigenvalue weighted by Gasteiger charge is -2.31. The summed E-state index contributed by atoms with van der Waals surface area (Å²) in [4.78, 5) is 28.7. The van der Waals surface area contributed by atoms with Crippen LogP contribution in [0.1, 0.15) is 22.7 Å². The lowest BCUT2D eigenvalue weighted by Crippen LogP contribution is -2.45. The van der Waals surface area contributed by atoms with E-state index >= 15 is 0 Å². The summed E-state index contributed by atoms with van der Waals surface area (Å²) in [7, 11) is 0. The molecule has 0 unspecified atom stereocenters. The fourth-order valence-electron chi connectivity index (χ4n) is 3.88. The quantitative estimate of drug-likeness (QED) is 0.283. The number of rotatable bonds is 10. The molecule has 4 rings (SSSR count). The number of ether oxygens (including phenoxy) is 1. The van der Waals surface area contributed by atoms with Gasteiger partial charge in [-0.3, -0.25) is 9.59 Å². The average molecular weight is 517 g/mol. The summed E-state index contributed by atoms with van der Waals surface area (Å²) in [5.41, 5.74) is 2.07. The molecule has 37 heavy (non-hydrogen) atoms. The van der Waals surface area contributed by atoms with Gasteiger partial charge in [0.15, 0.2) is 6.61 Å². The summed E-state index contributed by atoms with van der Waals surface area (Å²) >= 11 is 6.27. The molecule has 0 aliphatic heterocycles. The molecule has 7 heteroatoms. The number of hydrogen-bond donors (Lipinski definition) is 1. The first kappa shape index (κ1) is 25.9. The van der Waals surface area contributed by atoms with E-state index in [0.29, 0.717) is 21.9 Å². The SMILES string of the molecule is O=C(NCc1ccccc1Cl)[C@@H](c1ccccc1)N(Cc1ccc(F)cc1)C(=O)COc1ccccc1. The van der Waals surface area contributed by atoms with Gasteiger partial charge in [0, 0.05) is 18.1 Å². The first-order chi connectivity index (χ1) is 18.0. The van der Waals surface area contributed by atoms with Crippen molar-refractivity contribution in [1.82, 2.24) is 10.2 Å². The molecule has 1 N–H and O–H groups in total. The third-order valence-corrected chi connectivity index (χ3v) is 6.15. The highest BCUT2D eigenvalue weighted by molar-refractivity contribution is 6.31. The molecule has 0 aromatic heterocycles. The largest absolute Gasteiger partial charge is 0.484 e. The second kappa shape index (κ2) is 12.7. The summed E-state index contributed by atoms with van der Waals surface area (Å²) in [6.07, 6.45) is 0. The number of carbonyl (C=O) groups is 2. The summed E-state index contributed by atoms with van der Waals surface area (Å²) in [6, 6.07) is 30.2. The predicted octanol–water partition coefficient (Wildman–Crippen LogP) is 5.94. The molecule has 5 nitrogen and oxygen atoms in total. The third kappa shape index (κ3) is 7.18. The summed E-state index contributed by atoms with van der Waals surface area (Å²) in [5, 5.41) is 3.46. The van der Waals surface area contributed by atoms with E-state index in [1.54, 1.807) is 42.5 Å². The van der Waals surface area contributed by atoms with E-state index < -0.39 is 11.9 Å². The molecule has 0 saturated carbocycles. The van der Waals surface area contributed by atoms with Crippen LogP contribution in [0, 0.1) is 5.82 Å². The maximum atomic E-state index is 13.6. The molecule has 0 radical (unpaired) electrons. The lowest BCUT2D eigenvalue weighted by molar-refractivity contribution is -0.143. The van der Waals surface area contributed by atoms with Crippen LogP contribution >= 0.6 is 11.6 Å². The van der Waals surface area contributed by atoms with Crippen LogP contribution in [-0.4, -0.2) is 23.3 Å². The molecular formula is C30H26ClFN2O3. The summed E-state index contributed by atoms with van der Waals surface area (Å²) in [6.45, 7) is 0.00358. The molecule has 1 atom stereocenters. The number of para-hydroxylation sites is 1. The van der Waals surface area contributed by atoms with Crippen molar-refractivity contribution in [3.05, 3.63) is 137 Å². The van der Waals surface area contributed by atoms with E-state index in [0.717, 1.165) is 5.56 Å². The minimum Gasteiger partial charge on any atom is -0.484 e. The second-order valence-corrected chi connectivity index (χ2v) is 8.78. The number of carbonyl (C=O) groups excluding carboxylic acids is 2. The normalized spacial score (nSPS) is 11.4. The van der Waals surface area contributed by atoms with E-state index in [1.807, 2.05) is 54.6 Å². The molecule has 0 saturated heterocycles. The molecule has 0 heterocycles. The van der Waals surface area contributed by atoms with Crippen molar-refractivity contribution in [2.45, 2.75) is 19.1 Å². The molecule has 0 aliphatic rings. The van der Waals surface area contributed by atoms with Crippen molar-refractivity contribution in [2.75, 3.05) is 6.61 Å².